The van der Waals surface area contributed by atoms with E-state index in [2.05, 4.69) is 131 Å². The Bertz CT molecular complexity index is 2270. The average Bonchev–Trinajstić information content (AvgIpc) is 4.18. The summed E-state index contributed by atoms with van der Waals surface area (Å²) in [5.41, 5.74) is 22.7. The number of nitrogen functional groups attached to an aromatic ring is 2. The number of nitriles is 1. The lowest BCUT2D eigenvalue weighted by Crippen LogP contribution is -2.47. The molecule has 0 radical (unpaired) electrons. The van der Waals surface area contributed by atoms with Crippen molar-refractivity contribution < 1.29 is 14.2 Å². The van der Waals surface area contributed by atoms with Crippen molar-refractivity contribution in [2.45, 2.75) is 162 Å². The van der Waals surface area contributed by atoms with Crippen molar-refractivity contribution in [3.05, 3.63) is 70.8 Å². The molecule has 0 atom stereocenters. The van der Waals surface area contributed by atoms with E-state index in [1.807, 2.05) is 89.2 Å². The molecule has 2 aromatic heterocycles. The summed E-state index contributed by atoms with van der Waals surface area (Å²) in [6, 6.07) is 18.9. The third-order valence-corrected chi connectivity index (χ3v) is 12.1. The van der Waals surface area contributed by atoms with Gasteiger partial charge in [-0.15, -0.1) is 5.10 Å². The monoisotopic (exact) mass is 1110 g/mol. The van der Waals surface area contributed by atoms with Crippen molar-refractivity contribution in [3.8, 4) is 28.6 Å². The Balaban J connectivity index is 0.00000117. The number of nitrogens with zero attached hydrogens (tertiary/aromatic N) is 12. The zero-order valence-corrected chi connectivity index (χ0v) is 53.0. The second-order valence-electron chi connectivity index (χ2n) is 17.7. The van der Waals surface area contributed by atoms with E-state index in [1.165, 1.54) is 46.2 Å². The molecular formula is C63H110N14O3. The fraction of sp³-hybridized carbons (Fsp3) is 0.651. The van der Waals surface area contributed by atoms with E-state index in [1.54, 1.807) is 0 Å². The molecule has 5 heterocycles. The summed E-state index contributed by atoms with van der Waals surface area (Å²) >= 11 is 0. The molecule has 4 aromatic rings. The van der Waals surface area contributed by atoms with E-state index >= 15 is 0 Å². The van der Waals surface area contributed by atoms with Gasteiger partial charge in [0.15, 0.2) is 0 Å². The van der Waals surface area contributed by atoms with Crippen molar-refractivity contribution >= 4 is 29.2 Å². The molecular weight excluding hydrogens is 1000 g/mol. The molecule has 5 aliphatic rings. The summed E-state index contributed by atoms with van der Waals surface area (Å²) in [6.45, 7) is 46.6. The highest BCUT2D eigenvalue weighted by Crippen LogP contribution is 2.38. The first-order valence-electron chi connectivity index (χ1n) is 30.7. The summed E-state index contributed by atoms with van der Waals surface area (Å²) in [5.74, 6) is 2.74. The molecule has 2 fully saturated rings. The van der Waals surface area contributed by atoms with Crippen LogP contribution >= 0.6 is 0 Å². The molecule has 450 valence electrons. The number of anilines is 4. The SMILES string of the molecule is CC.CC.CC.CC.CC.CCC.CCC.CCOCC.N#CCOCCCN1CCN(c2nc(N)nc3c2CCc2ccccc2-3)CC1.Nc1nc2c(c(N3CCN(CCCOCC4=NN=NC4)CC3)n1)CCc1ccccc1-2. The molecule has 17 nitrogen and oxygen atoms in total. The number of aromatic nitrogens is 4. The van der Waals surface area contributed by atoms with Crippen LogP contribution in [0.4, 0.5) is 23.5 Å². The number of fused-ring (bicyclic) bond motifs is 6. The Morgan fingerprint density at radius 1 is 0.525 bits per heavy atom. The molecule has 80 heavy (non-hydrogen) atoms. The molecule has 4 N–H and O–H groups in total. The van der Waals surface area contributed by atoms with Crippen LogP contribution in [0.15, 0.2) is 64.0 Å². The zero-order valence-electron chi connectivity index (χ0n) is 53.0. The first-order chi connectivity index (χ1) is 39.3. The van der Waals surface area contributed by atoms with Crippen LogP contribution in [0.25, 0.3) is 22.5 Å². The summed E-state index contributed by atoms with van der Waals surface area (Å²) < 4.78 is 15.8. The summed E-state index contributed by atoms with van der Waals surface area (Å²) in [6.07, 6.45) is 8.43. The van der Waals surface area contributed by atoms with Gasteiger partial charge in [0, 0.05) is 114 Å². The second-order valence-corrected chi connectivity index (χ2v) is 17.7. The summed E-state index contributed by atoms with van der Waals surface area (Å²) in [5, 5.41) is 19.9. The van der Waals surface area contributed by atoms with Crippen LogP contribution in [0, 0.1) is 11.3 Å². The van der Waals surface area contributed by atoms with Gasteiger partial charge in [0.05, 0.1) is 29.8 Å². The third kappa shape index (κ3) is 26.3. The van der Waals surface area contributed by atoms with E-state index < -0.39 is 0 Å². The molecule has 2 saturated heterocycles. The lowest BCUT2D eigenvalue weighted by atomic mass is 9.89. The minimum absolute atomic E-state index is 0.178. The van der Waals surface area contributed by atoms with Gasteiger partial charge in [-0.3, -0.25) is 9.80 Å². The molecule has 3 aliphatic heterocycles. The molecule has 0 amide bonds. The van der Waals surface area contributed by atoms with E-state index in [-0.39, 0.29) is 6.61 Å². The van der Waals surface area contributed by atoms with Gasteiger partial charge in [-0.1, -0.05) is 158 Å². The number of hydrogen-bond donors (Lipinski definition) is 2. The molecule has 0 bridgehead atoms. The van der Waals surface area contributed by atoms with Crippen LogP contribution in [-0.2, 0) is 39.9 Å². The Kier molecular flexibility index (Phi) is 44.7. The highest BCUT2D eigenvalue weighted by Gasteiger charge is 2.28. The maximum absolute atomic E-state index is 8.50. The highest BCUT2D eigenvalue weighted by molar-refractivity contribution is 5.88. The summed E-state index contributed by atoms with van der Waals surface area (Å²) in [7, 11) is 0. The van der Waals surface area contributed by atoms with E-state index in [0.717, 1.165) is 153 Å². The molecule has 0 spiro atoms. The number of benzene rings is 2. The van der Waals surface area contributed by atoms with Gasteiger partial charge in [-0.2, -0.15) is 20.3 Å². The van der Waals surface area contributed by atoms with Crippen molar-refractivity contribution in [2.75, 3.05) is 133 Å². The van der Waals surface area contributed by atoms with E-state index in [4.69, 9.17) is 30.9 Å². The van der Waals surface area contributed by atoms with Gasteiger partial charge in [-0.25, -0.2) is 9.97 Å². The number of aryl methyl sites for hydroxylation is 2. The quantitative estimate of drug-likeness (QED) is 0.106. The maximum atomic E-state index is 8.50. The Morgan fingerprint density at radius 2 is 0.925 bits per heavy atom. The van der Waals surface area contributed by atoms with Gasteiger partial charge >= 0.3 is 0 Å². The van der Waals surface area contributed by atoms with E-state index in [9.17, 15) is 0 Å². The normalized spacial score (nSPS) is 14.1. The fourth-order valence-electron chi connectivity index (χ4n) is 8.84. The van der Waals surface area contributed by atoms with Gasteiger partial charge in [-0.05, 0) is 68.7 Å². The van der Waals surface area contributed by atoms with Crippen molar-refractivity contribution in [1.29, 1.82) is 5.26 Å². The Morgan fingerprint density at radius 3 is 1.29 bits per heavy atom. The maximum Gasteiger partial charge on any atom is 0.222 e. The molecule has 2 aromatic carbocycles. The number of rotatable bonds is 15. The molecule has 9 rings (SSSR count). The second kappa shape index (κ2) is 48.1. The fourth-order valence-corrected chi connectivity index (χ4v) is 8.84. The Hall–Kier alpha value is -5.64. The zero-order chi connectivity index (χ0) is 59.9. The van der Waals surface area contributed by atoms with Gasteiger partial charge in [0.1, 0.15) is 24.8 Å². The lowest BCUT2D eigenvalue weighted by molar-refractivity contribution is 0.145. The lowest BCUT2D eigenvalue weighted by Gasteiger charge is -2.37. The first-order valence-corrected chi connectivity index (χ1v) is 30.7. The Labute approximate surface area is 486 Å². The standard InChI is InChI=1S/C22H28N8O.C21H26N6O.C4H10O.2C3H8.5C2H6/c23-22-25-20-18-5-2-1-4-16(18)6-7-19(20)21(26-22)30-11-9-29(10-12-30)8-3-13-31-15-17-14-24-28-27-17;22-8-15-28-14-3-9-26-10-12-27(13-11-26)20-18-7-6-16-4-1-2-5-17(16)19(18)24-21(23)25-20;1-3-5-4-2;2*1-3-2;5*1-2/h1-2,4-5H,3,6-15H2,(H2,23,25,26);1-2,4-5H,3,6-7,9-15H2,(H2,23,24,25);3-4H2,1-2H3;2*3H2,1-2H3;5*1-2H3. The minimum atomic E-state index is 0.178. The van der Waals surface area contributed by atoms with Crippen LogP contribution < -0.4 is 21.3 Å². The van der Waals surface area contributed by atoms with E-state index in [0.29, 0.717) is 31.7 Å². The van der Waals surface area contributed by atoms with Crippen molar-refractivity contribution in [2.24, 2.45) is 15.4 Å². The predicted octanol–water partition coefficient (Wildman–Crippen LogP) is 13.1. The number of hydrogen-bond acceptors (Lipinski definition) is 17. The topological polar surface area (TPSA) is 205 Å². The van der Waals surface area contributed by atoms with Crippen molar-refractivity contribution in [1.82, 2.24) is 29.7 Å². The average molecular weight is 1110 g/mol. The van der Waals surface area contributed by atoms with Crippen LogP contribution in [0.5, 0.6) is 0 Å². The summed E-state index contributed by atoms with van der Waals surface area (Å²) in [4.78, 5) is 28.1. The van der Waals surface area contributed by atoms with Crippen molar-refractivity contribution in [3.63, 3.8) is 0 Å². The number of ether oxygens (including phenoxy) is 3. The van der Waals surface area contributed by atoms with Crippen LogP contribution in [0.1, 0.15) is 159 Å². The van der Waals surface area contributed by atoms with Crippen LogP contribution in [0.3, 0.4) is 0 Å². The molecule has 17 heteroatoms. The third-order valence-electron chi connectivity index (χ3n) is 12.1. The molecule has 0 saturated carbocycles. The first kappa shape index (κ1) is 74.4. The van der Waals surface area contributed by atoms with Crippen LogP contribution in [0.2, 0.25) is 0 Å². The largest absolute Gasteiger partial charge is 0.382 e. The molecule has 0 unspecified atom stereocenters. The van der Waals surface area contributed by atoms with Gasteiger partial charge in [0.2, 0.25) is 11.9 Å². The smallest absolute Gasteiger partial charge is 0.222 e. The van der Waals surface area contributed by atoms with Gasteiger partial charge in [0.25, 0.3) is 0 Å². The highest BCUT2D eigenvalue weighted by atomic mass is 16.5. The predicted molar refractivity (Wildman–Crippen MR) is 340 cm³/mol. The number of piperazine rings is 2. The van der Waals surface area contributed by atoms with Crippen LogP contribution in [-0.4, -0.2) is 147 Å². The molecule has 2 aliphatic carbocycles. The van der Waals surface area contributed by atoms with Gasteiger partial charge < -0.3 is 35.5 Å². The minimum Gasteiger partial charge on any atom is -0.382 e. The number of nitrogens with two attached hydrogens (primary N) is 2.